The van der Waals surface area contributed by atoms with E-state index >= 15 is 0 Å². The Balaban J connectivity index is 1.85. The first-order valence-corrected chi connectivity index (χ1v) is 7.47. The van der Waals surface area contributed by atoms with Gasteiger partial charge in [-0.2, -0.15) is 5.10 Å². The van der Waals surface area contributed by atoms with Crippen molar-refractivity contribution < 1.29 is 9.13 Å². The van der Waals surface area contributed by atoms with E-state index < -0.39 is 6.86 Å². The van der Waals surface area contributed by atoms with E-state index in [2.05, 4.69) is 20.4 Å². The first-order chi connectivity index (χ1) is 11.6. The number of hydrogen-bond donors (Lipinski definition) is 1. The van der Waals surface area contributed by atoms with Gasteiger partial charge in [-0.05, 0) is 38.1 Å². The van der Waals surface area contributed by atoms with E-state index in [1.54, 1.807) is 36.7 Å². The van der Waals surface area contributed by atoms with E-state index in [9.17, 15) is 4.39 Å². The lowest BCUT2D eigenvalue weighted by Crippen LogP contribution is -1.98. The number of nitrogens with zero attached hydrogens (tertiary/aromatic N) is 4. The minimum absolute atomic E-state index is 0.476. The number of ether oxygens (including phenoxy) is 1. The zero-order valence-electron chi connectivity index (χ0n) is 13.7. The van der Waals surface area contributed by atoms with Gasteiger partial charge in [0.1, 0.15) is 11.6 Å². The van der Waals surface area contributed by atoms with Gasteiger partial charge in [-0.25, -0.2) is 9.37 Å². The maximum Gasteiger partial charge on any atom is 0.228 e. The summed E-state index contributed by atoms with van der Waals surface area (Å²) in [5.74, 6) is 1.10. The molecule has 2 heterocycles. The molecule has 0 bridgehead atoms. The molecule has 0 aliphatic rings. The van der Waals surface area contributed by atoms with Gasteiger partial charge >= 0.3 is 0 Å². The molecule has 0 spiro atoms. The second-order valence-electron chi connectivity index (χ2n) is 5.36. The Labute approximate surface area is 139 Å². The third-order valence-electron chi connectivity index (χ3n) is 3.75. The lowest BCUT2D eigenvalue weighted by atomic mass is 10.1. The third-order valence-corrected chi connectivity index (χ3v) is 3.75. The van der Waals surface area contributed by atoms with Crippen LogP contribution >= 0.6 is 0 Å². The molecule has 24 heavy (non-hydrogen) atoms. The zero-order chi connectivity index (χ0) is 17.1. The molecule has 7 heteroatoms. The first-order valence-electron chi connectivity index (χ1n) is 7.47. The van der Waals surface area contributed by atoms with Crippen molar-refractivity contribution in [3.05, 3.63) is 48.0 Å². The normalized spacial score (nSPS) is 10.7. The van der Waals surface area contributed by atoms with Gasteiger partial charge in [0.05, 0.1) is 23.8 Å². The summed E-state index contributed by atoms with van der Waals surface area (Å²) in [6.07, 6.45) is 3.37. The molecule has 1 N–H and O–H groups in total. The average Bonchev–Trinajstić information content (AvgIpc) is 2.82. The molecular weight excluding hydrogens is 309 g/mol. The topological polar surface area (TPSA) is 64.9 Å². The fraction of sp³-hybridized carbons (Fsp3) is 0.235. The Morgan fingerprint density at radius 1 is 1.17 bits per heavy atom. The van der Waals surface area contributed by atoms with Crippen LogP contribution in [0.5, 0.6) is 5.75 Å². The number of nitrogens with one attached hydrogen (secondary N) is 1. The zero-order valence-corrected chi connectivity index (χ0v) is 13.7. The van der Waals surface area contributed by atoms with Gasteiger partial charge in [-0.3, -0.25) is 9.67 Å². The van der Waals surface area contributed by atoms with Crippen LogP contribution in [0.2, 0.25) is 0 Å². The van der Waals surface area contributed by atoms with E-state index in [-0.39, 0.29) is 0 Å². The highest BCUT2D eigenvalue weighted by Crippen LogP contribution is 2.26. The van der Waals surface area contributed by atoms with E-state index in [1.807, 2.05) is 25.6 Å². The standard InChI is InChI=1S/C17H18FN5O/c1-11-17(12(2)23(3)22-11)15-8-19-9-16(21-15)20-13-4-6-14(7-5-13)24-10-18/h4-9H,10H2,1-3H3,(H,20,21). The molecule has 2 aromatic heterocycles. The number of halogens is 1. The molecule has 0 amide bonds. The van der Waals surface area contributed by atoms with E-state index in [4.69, 9.17) is 4.74 Å². The van der Waals surface area contributed by atoms with Crippen LogP contribution in [0.1, 0.15) is 11.4 Å². The Morgan fingerprint density at radius 3 is 2.54 bits per heavy atom. The summed E-state index contributed by atoms with van der Waals surface area (Å²) in [5.41, 5.74) is 4.51. The highest BCUT2D eigenvalue weighted by molar-refractivity contribution is 5.66. The largest absolute Gasteiger partial charge is 0.463 e. The SMILES string of the molecule is Cc1nn(C)c(C)c1-c1cncc(Nc2ccc(OCF)cc2)n1. The van der Waals surface area contributed by atoms with Gasteiger partial charge in [-0.15, -0.1) is 0 Å². The minimum Gasteiger partial charge on any atom is -0.463 e. The maximum atomic E-state index is 12.1. The van der Waals surface area contributed by atoms with Crippen LogP contribution in [-0.4, -0.2) is 26.6 Å². The third kappa shape index (κ3) is 3.19. The van der Waals surface area contributed by atoms with Crippen molar-refractivity contribution in [3.63, 3.8) is 0 Å². The van der Waals surface area contributed by atoms with Crippen molar-refractivity contribution in [2.24, 2.45) is 7.05 Å². The smallest absolute Gasteiger partial charge is 0.228 e. The molecule has 3 aromatic rings. The van der Waals surface area contributed by atoms with Crippen molar-refractivity contribution >= 4 is 11.5 Å². The molecule has 0 aliphatic heterocycles. The molecule has 124 valence electrons. The molecule has 0 fully saturated rings. The summed E-state index contributed by atoms with van der Waals surface area (Å²) < 4.78 is 18.8. The Kier molecular flexibility index (Phi) is 4.41. The lowest BCUT2D eigenvalue weighted by Gasteiger charge is -2.08. The summed E-state index contributed by atoms with van der Waals surface area (Å²) in [4.78, 5) is 8.87. The number of benzene rings is 1. The number of hydrogen-bond acceptors (Lipinski definition) is 5. The van der Waals surface area contributed by atoms with E-state index in [0.717, 1.165) is 28.3 Å². The maximum absolute atomic E-state index is 12.1. The number of aromatic nitrogens is 4. The molecule has 0 unspecified atom stereocenters. The second-order valence-corrected chi connectivity index (χ2v) is 5.36. The van der Waals surface area contributed by atoms with Gasteiger partial charge < -0.3 is 10.1 Å². The molecule has 1 aromatic carbocycles. The second kappa shape index (κ2) is 6.66. The van der Waals surface area contributed by atoms with Crippen LogP contribution in [0.3, 0.4) is 0 Å². The van der Waals surface area contributed by atoms with Crippen molar-refractivity contribution in [1.29, 1.82) is 0 Å². The Morgan fingerprint density at radius 2 is 1.92 bits per heavy atom. The van der Waals surface area contributed by atoms with Gasteiger partial charge in [0.2, 0.25) is 6.86 Å². The van der Waals surface area contributed by atoms with Crippen molar-refractivity contribution in [2.75, 3.05) is 12.2 Å². The predicted molar refractivity (Wildman–Crippen MR) is 90.0 cm³/mol. The van der Waals surface area contributed by atoms with Crippen LogP contribution in [0.25, 0.3) is 11.3 Å². The van der Waals surface area contributed by atoms with Gasteiger partial charge in [-0.1, -0.05) is 0 Å². The fourth-order valence-electron chi connectivity index (χ4n) is 2.54. The monoisotopic (exact) mass is 327 g/mol. The molecule has 0 atom stereocenters. The minimum atomic E-state index is -0.843. The van der Waals surface area contributed by atoms with Crippen molar-refractivity contribution in [3.8, 4) is 17.0 Å². The van der Waals surface area contributed by atoms with Crippen LogP contribution in [0.15, 0.2) is 36.7 Å². The molecule has 0 saturated carbocycles. The number of anilines is 2. The fourth-order valence-corrected chi connectivity index (χ4v) is 2.54. The number of aryl methyl sites for hydroxylation is 2. The lowest BCUT2D eigenvalue weighted by molar-refractivity contribution is 0.192. The predicted octanol–water partition coefficient (Wildman–Crippen LogP) is 3.54. The van der Waals surface area contributed by atoms with Gasteiger partial charge in [0.15, 0.2) is 0 Å². The highest BCUT2D eigenvalue weighted by atomic mass is 19.1. The van der Waals surface area contributed by atoms with E-state index in [0.29, 0.717) is 11.6 Å². The summed E-state index contributed by atoms with van der Waals surface area (Å²) in [7, 11) is 1.91. The van der Waals surface area contributed by atoms with Crippen LogP contribution in [-0.2, 0) is 7.05 Å². The Hall–Kier alpha value is -2.96. The van der Waals surface area contributed by atoms with Crippen LogP contribution < -0.4 is 10.1 Å². The summed E-state index contributed by atoms with van der Waals surface area (Å²) >= 11 is 0. The van der Waals surface area contributed by atoms with Crippen molar-refractivity contribution in [1.82, 2.24) is 19.7 Å². The summed E-state index contributed by atoms with van der Waals surface area (Å²) in [6, 6.07) is 6.96. The first kappa shape index (κ1) is 15.9. The summed E-state index contributed by atoms with van der Waals surface area (Å²) in [5, 5.41) is 7.59. The molecular formula is C17H18FN5O. The molecule has 0 saturated heterocycles. The van der Waals surface area contributed by atoms with Gasteiger partial charge in [0, 0.05) is 24.0 Å². The van der Waals surface area contributed by atoms with Crippen molar-refractivity contribution in [2.45, 2.75) is 13.8 Å². The summed E-state index contributed by atoms with van der Waals surface area (Å²) in [6.45, 7) is 3.11. The quantitative estimate of drug-likeness (QED) is 0.776. The van der Waals surface area contributed by atoms with Crippen LogP contribution in [0.4, 0.5) is 15.9 Å². The van der Waals surface area contributed by atoms with Crippen LogP contribution in [0, 0.1) is 13.8 Å². The van der Waals surface area contributed by atoms with E-state index in [1.165, 1.54) is 0 Å². The molecule has 0 aliphatic carbocycles. The number of alkyl halides is 1. The Bertz CT molecular complexity index is 845. The number of rotatable bonds is 5. The molecule has 0 radical (unpaired) electrons. The average molecular weight is 327 g/mol. The highest BCUT2D eigenvalue weighted by Gasteiger charge is 2.13. The molecule has 3 rings (SSSR count). The van der Waals surface area contributed by atoms with Gasteiger partial charge in [0.25, 0.3) is 0 Å². The molecule has 6 nitrogen and oxygen atoms in total.